The molecule has 1 saturated carbocycles. The number of benzene rings is 1. The molecular formula is C11H10BrClO3. The van der Waals surface area contributed by atoms with E-state index < -0.39 is 17.5 Å². The van der Waals surface area contributed by atoms with Crippen LogP contribution in [0.25, 0.3) is 0 Å². The SMILES string of the molecule is O=C(O)C1CC(O)(c2cc(Cl)cc(Br)c2)C1. The highest BCUT2D eigenvalue weighted by molar-refractivity contribution is 9.10. The Labute approximate surface area is 106 Å². The maximum absolute atomic E-state index is 10.7. The van der Waals surface area contributed by atoms with Gasteiger partial charge in [-0.1, -0.05) is 27.5 Å². The highest BCUT2D eigenvalue weighted by atomic mass is 79.9. The third kappa shape index (κ3) is 2.10. The van der Waals surface area contributed by atoms with E-state index in [1.807, 2.05) is 0 Å². The Bertz CT molecular complexity index is 421. The van der Waals surface area contributed by atoms with Crippen molar-refractivity contribution in [3.05, 3.63) is 33.3 Å². The van der Waals surface area contributed by atoms with E-state index in [4.69, 9.17) is 16.7 Å². The standard InChI is InChI=1S/C11H10BrClO3/c12-8-1-7(2-9(13)3-8)11(16)4-6(5-11)10(14)15/h1-3,6,16H,4-5H2,(H,14,15). The monoisotopic (exact) mass is 304 g/mol. The van der Waals surface area contributed by atoms with Crippen LogP contribution < -0.4 is 0 Å². The van der Waals surface area contributed by atoms with Crippen molar-refractivity contribution in [2.24, 2.45) is 5.92 Å². The first-order valence-electron chi connectivity index (χ1n) is 4.82. The maximum Gasteiger partial charge on any atom is 0.306 e. The van der Waals surface area contributed by atoms with Crippen molar-refractivity contribution < 1.29 is 15.0 Å². The number of halogens is 2. The molecule has 0 unspecified atom stereocenters. The summed E-state index contributed by atoms with van der Waals surface area (Å²) in [4.78, 5) is 10.7. The van der Waals surface area contributed by atoms with Gasteiger partial charge in [-0.05, 0) is 36.6 Å². The summed E-state index contributed by atoms with van der Waals surface area (Å²) < 4.78 is 0.780. The number of rotatable bonds is 2. The molecule has 0 heterocycles. The second kappa shape index (κ2) is 4.02. The maximum atomic E-state index is 10.7. The molecule has 1 fully saturated rings. The van der Waals surface area contributed by atoms with E-state index in [2.05, 4.69) is 15.9 Å². The zero-order chi connectivity index (χ0) is 11.9. The van der Waals surface area contributed by atoms with E-state index in [1.54, 1.807) is 18.2 Å². The summed E-state index contributed by atoms with van der Waals surface area (Å²) in [5.41, 5.74) is -0.374. The van der Waals surface area contributed by atoms with Gasteiger partial charge in [-0.15, -0.1) is 0 Å². The summed E-state index contributed by atoms with van der Waals surface area (Å²) in [6, 6.07) is 5.16. The molecule has 0 saturated heterocycles. The molecule has 16 heavy (non-hydrogen) atoms. The Morgan fingerprint density at radius 2 is 2.06 bits per heavy atom. The first kappa shape index (κ1) is 11.9. The van der Waals surface area contributed by atoms with Gasteiger partial charge in [0, 0.05) is 9.50 Å². The van der Waals surface area contributed by atoms with Crippen LogP contribution in [0.15, 0.2) is 22.7 Å². The first-order valence-corrected chi connectivity index (χ1v) is 5.99. The topological polar surface area (TPSA) is 57.5 Å². The summed E-state index contributed by atoms with van der Waals surface area (Å²) in [5, 5.41) is 19.5. The molecule has 86 valence electrons. The van der Waals surface area contributed by atoms with Gasteiger partial charge in [0.1, 0.15) is 0 Å². The smallest absolute Gasteiger partial charge is 0.306 e. The van der Waals surface area contributed by atoms with Gasteiger partial charge in [-0.2, -0.15) is 0 Å². The minimum Gasteiger partial charge on any atom is -0.481 e. The zero-order valence-corrected chi connectivity index (χ0v) is 10.6. The number of hydrogen-bond donors (Lipinski definition) is 2. The Morgan fingerprint density at radius 3 is 2.56 bits per heavy atom. The van der Waals surface area contributed by atoms with Crippen LogP contribution in [-0.4, -0.2) is 16.2 Å². The Morgan fingerprint density at radius 1 is 1.44 bits per heavy atom. The molecule has 1 aromatic carbocycles. The van der Waals surface area contributed by atoms with Crippen LogP contribution in [0.4, 0.5) is 0 Å². The largest absolute Gasteiger partial charge is 0.481 e. The lowest BCUT2D eigenvalue weighted by Gasteiger charge is -2.42. The third-order valence-electron chi connectivity index (χ3n) is 2.92. The fraction of sp³-hybridized carbons (Fsp3) is 0.364. The highest BCUT2D eigenvalue weighted by Crippen LogP contribution is 2.46. The van der Waals surface area contributed by atoms with Gasteiger partial charge >= 0.3 is 5.97 Å². The molecule has 0 radical (unpaired) electrons. The zero-order valence-electron chi connectivity index (χ0n) is 8.28. The number of hydrogen-bond acceptors (Lipinski definition) is 2. The number of carbonyl (C=O) groups is 1. The van der Waals surface area contributed by atoms with Crippen molar-refractivity contribution in [3.8, 4) is 0 Å². The predicted molar refractivity (Wildman–Crippen MR) is 63.4 cm³/mol. The number of aliphatic carboxylic acids is 1. The van der Waals surface area contributed by atoms with Crippen LogP contribution in [0.5, 0.6) is 0 Å². The molecule has 1 aliphatic rings. The van der Waals surface area contributed by atoms with E-state index in [0.717, 1.165) is 4.47 Å². The van der Waals surface area contributed by atoms with Gasteiger partial charge in [0.2, 0.25) is 0 Å². The van der Waals surface area contributed by atoms with Crippen molar-refractivity contribution in [3.63, 3.8) is 0 Å². The lowest BCUT2D eigenvalue weighted by atomic mass is 9.67. The molecule has 1 aromatic rings. The van der Waals surface area contributed by atoms with Gasteiger partial charge in [-0.25, -0.2) is 0 Å². The van der Waals surface area contributed by atoms with Crippen LogP contribution in [0.1, 0.15) is 18.4 Å². The molecule has 3 nitrogen and oxygen atoms in total. The summed E-state index contributed by atoms with van der Waals surface area (Å²) in [7, 11) is 0. The van der Waals surface area contributed by atoms with Gasteiger partial charge in [0.25, 0.3) is 0 Å². The summed E-state index contributed by atoms with van der Waals surface area (Å²) in [5.74, 6) is -1.31. The van der Waals surface area contributed by atoms with Gasteiger partial charge in [-0.3, -0.25) is 4.79 Å². The van der Waals surface area contributed by atoms with E-state index in [0.29, 0.717) is 10.6 Å². The van der Waals surface area contributed by atoms with Crippen LogP contribution in [0.3, 0.4) is 0 Å². The number of carboxylic acid groups (broad SMARTS) is 1. The molecule has 1 aliphatic carbocycles. The molecule has 0 aromatic heterocycles. The van der Waals surface area contributed by atoms with Gasteiger partial charge in [0.05, 0.1) is 11.5 Å². The number of aliphatic hydroxyl groups is 1. The molecule has 5 heteroatoms. The fourth-order valence-corrected chi connectivity index (χ4v) is 2.85. The molecule has 0 amide bonds. The molecular weight excluding hydrogens is 295 g/mol. The summed E-state index contributed by atoms with van der Waals surface area (Å²) in [6.45, 7) is 0. The van der Waals surface area contributed by atoms with Crippen molar-refractivity contribution in [1.29, 1.82) is 0 Å². The van der Waals surface area contributed by atoms with Crippen LogP contribution in [-0.2, 0) is 10.4 Å². The second-order valence-electron chi connectivity index (χ2n) is 4.13. The van der Waals surface area contributed by atoms with Crippen molar-refractivity contribution in [1.82, 2.24) is 0 Å². The van der Waals surface area contributed by atoms with Crippen molar-refractivity contribution >= 4 is 33.5 Å². The average Bonchev–Trinajstić information content (AvgIpc) is 2.10. The lowest BCUT2D eigenvalue weighted by Crippen LogP contribution is -2.44. The minimum absolute atomic E-state index is 0.245. The van der Waals surface area contributed by atoms with Crippen molar-refractivity contribution in [2.75, 3.05) is 0 Å². The van der Waals surface area contributed by atoms with E-state index >= 15 is 0 Å². The molecule has 2 N–H and O–H groups in total. The molecule has 2 rings (SSSR count). The van der Waals surface area contributed by atoms with Crippen LogP contribution >= 0.6 is 27.5 Å². The van der Waals surface area contributed by atoms with Gasteiger partial charge in [0.15, 0.2) is 0 Å². The molecule has 0 bridgehead atoms. The van der Waals surface area contributed by atoms with E-state index in [1.165, 1.54) is 0 Å². The third-order valence-corrected chi connectivity index (χ3v) is 3.59. The molecule has 0 atom stereocenters. The first-order chi connectivity index (χ1) is 7.40. The Balaban J connectivity index is 2.23. The Kier molecular flexibility index (Phi) is 2.99. The van der Waals surface area contributed by atoms with Crippen LogP contribution in [0.2, 0.25) is 5.02 Å². The quantitative estimate of drug-likeness (QED) is 0.883. The minimum atomic E-state index is -1.05. The molecule has 0 aliphatic heterocycles. The highest BCUT2D eigenvalue weighted by Gasteiger charge is 2.47. The summed E-state index contributed by atoms with van der Waals surface area (Å²) >= 11 is 9.17. The van der Waals surface area contributed by atoms with E-state index in [9.17, 15) is 9.90 Å². The predicted octanol–water partition coefficient (Wildman–Crippen LogP) is 2.78. The normalized spacial score (nSPS) is 28.6. The van der Waals surface area contributed by atoms with Crippen molar-refractivity contribution in [2.45, 2.75) is 18.4 Å². The summed E-state index contributed by atoms with van der Waals surface area (Å²) in [6.07, 6.45) is 0.490. The van der Waals surface area contributed by atoms with Crippen LogP contribution in [0, 0.1) is 5.92 Å². The average molecular weight is 306 g/mol. The van der Waals surface area contributed by atoms with Gasteiger partial charge < -0.3 is 10.2 Å². The second-order valence-corrected chi connectivity index (χ2v) is 5.49. The molecule has 0 spiro atoms. The number of carboxylic acids is 1. The lowest BCUT2D eigenvalue weighted by molar-refractivity contribution is -0.159. The van der Waals surface area contributed by atoms with E-state index in [-0.39, 0.29) is 12.8 Å². The Hall–Kier alpha value is -0.580. The fourth-order valence-electron chi connectivity index (χ4n) is 1.99.